The summed E-state index contributed by atoms with van der Waals surface area (Å²) in [5.74, 6) is 0.252. The van der Waals surface area contributed by atoms with Gasteiger partial charge in [0.25, 0.3) is 0 Å². The lowest BCUT2D eigenvalue weighted by Gasteiger charge is -2.11. The molecule has 0 aliphatic rings. The molecule has 3 N–H and O–H groups in total. The minimum atomic E-state index is -4.46. The minimum absolute atomic E-state index is 0.0167. The van der Waals surface area contributed by atoms with E-state index < -0.39 is 11.7 Å². The first-order chi connectivity index (χ1) is 9.81. The molecule has 0 fully saturated rings. The fraction of sp³-hybridized carbons (Fsp3) is 0.0769. The summed E-state index contributed by atoms with van der Waals surface area (Å²) in [6, 6.07) is 7.66. The smallest absolute Gasteiger partial charge is 0.396 e. The molecule has 21 heavy (non-hydrogen) atoms. The van der Waals surface area contributed by atoms with Gasteiger partial charge in [0, 0.05) is 0 Å². The number of pyridine rings is 1. The fourth-order valence-corrected chi connectivity index (χ4v) is 1.79. The van der Waals surface area contributed by atoms with Gasteiger partial charge in [0.15, 0.2) is 5.69 Å². The van der Waals surface area contributed by atoms with Gasteiger partial charge in [-0.3, -0.25) is 0 Å². The lowest BCUT2D eigenvalue weighted by atomic mass is 10.2. The molecule has 2 rings (SSSR count). The molecule has 0 aliphatic heterocycles. The zero-order valence-corrected chi connectivity index (χ0v) is 11.1. The Hall–Kier alpha value is -2.46. The van der Waals surface area contributed by atoms with Gasteiger partial charge in [0.1, 0.15) is 11.9 Å². The van der Waals surface area contributed by atoms with Gasteiger partial charge < -0.3 is 11.1 Å². The van der Waals surface area contributed by atoms with Crippen molar-refractivity contribution < 1.29 is 13.2 Å². The predicted octanol–water partition coefficient (Wildman–Crippen LogP) is 3.95. The molecule has 1 aromatic heterocycles. The molecule has 1 aromatic carbocycles. The van der Waals surface area contributed by atoms with E-state index in [4.69, 9.17) is 22.6 Å². The number of nitriles is 1. The fourth-order valence-electron chi connectivity index (χ4n) is 1.56. The van der Waals surface area contributed by atoms with Crippen LogP contribution < -0.4 is 11.1 Å². The monoisotopic (exact) mass is 312 g/mol. The average molecular weight is 313 g/mol. The summed E-state index contributed by atoms with van der Waals surface area (Å²) in [7, 11) is 0. The van der Waals surface area contributed by atoms with Gasteiger partial charge >= 0.3 is 6.18 Å². The van der Waals surface area contributed by atoms with Crippen LogP contribution in [0, 0.1) is 11.3 Å². The number of halogens is 4. The zero-order chi connectivity index (χ0) is 15.6. The number of nitrogens with two attached hydrogens (primary N) is 1. The van der Waals surface area contributed by atoms with Crippen LogP contribution in [-0.2, 0) is 6.18 Å². The summed E-state index contributed by atoms with van der Waals surface area (Å²) in [4.78, 5) is 3.92. The standard InChI is InChI=1S/C13H8ClF3N4/c14-8-5-7(13(15,16)17)1-3-10(8)20-12-4-2-9(19)11(6-18)21-12/h1-5H,19H2,(H,20,21). The Balaban J connectivity index is 2.31. The number of anilines is 3. The molecule has 0 amide bonds. The number of nitrogen functional groups attached to an aromatic ring is 1. The Labute approximate surface area is 123 Å². The number of nitrogens with one attached hydrogen (secondary N) is 1. The van der Waals surface area contributed by atoms with Crippen molar-refractivity contribution >= 4 is 28.8 Å². The third kappa shape index (κ3) is 3.35. The van der Waals surface area contributed by atoms with Crippen molar-refractivity contribution in [1.82, 2.24) is 4.98 Å². The maximum Gasteiger partial charge on any atom is 0.416 e. The van der Waals surface area contributed by atoms with Crippen LogP contribution in [0.15, 0.2) is 30.3 Å². The molecule has 0 radical (unpaired) electrons. The van der Waals surface area contributed by atoms with E-state index in [9.17, 15) is 13.2 Å². The first-order valence-electron chi connectivity index (χ1n) is 5.61. The third-order valence-corrected chi connectivity index (χ3v) is 2.90. The maximum absolute atomic E-state index is 12.5. The molecule has 0 spiro atoms. The number of alkyl halides is 3. The Bertz CT molecular complexity index is 722. The van der Waals surface area contributed by atoms with Crippen molar-refractivity contribution in [2.45, 2.75) is 6.18 Å². The van der Waals surface area contributed by atoms with Crippen LogP contribution >= 0.6 is 11.6 Å². The van der Waals surface area contributed by atoms with Crippen LogP contribution in [0.4, 0.5) is 30.4 Å². The van der Waals surface area contributed by atoms with E-state index in [1.165, 1.54) is 18.2 Å². The number of hydrogen-bond acceptors (Lipinski definition) is 4. The summed E-state index contributed by atoms with van der Waals surface area (Å²) in [5.41, 5.74) is 5.15. The summed E-state index contributed by atoms with van der Waals surface area (Å²) in [5, 5.41) is 11.4. The van der Waals surface area contributed by atoms with Gasteiger partial charge in [-0.15, -0.1) is 0 Å². The van der Waals surface area contributed by atoms with Crippen molar-refractivity contribution in [2.24, 2.45) is 0 Å². The van der Waals surface area contributed by atoms with Crippen LogP contribution in [0.25, 0.3) is 0 Å². The lowest BCUT2D eigenvalue weighted by Crippen LogP contribution is -2.05. The highest BCUT2D eigenvalue weighted by Gasteiger charge is 2.30. The Kier molecular flexibility index (Phi) is 3.91. The highest BCUT2D eigenvalue weighted by atomic mass is 35.5. The van der Waals surface area contributed by atoms with Crippen LogP contribution in [0.3, 0.4) is 0 Å². The molecule has 1 heterocycles. The molecule has 4 nitrogen and oxygen atoms in total. The van der Waals surface area contributed by atoms with E-state index in [2.05, 4.69) is 10.3 Å². The van der Waals surface area contributed by atoms with Crippen molar-refractivity contribution in [2.75, 3.05) is 11.1 Å². The first kappa shape index (κ1) is 14.9. The van der Waals surface area contributed by atoms with E-state index in [-0.39, 0.29) is 27.9 Å². The van der Waals surface area contributed by atoms with E-state index in [0.29, 0.717) is 0 Å². The number of rotatable bonds is 2. The molecular formula is C13H8ClF3N4. The van der Waals surface area contributed by atoms with Crippen molar-refractivity contribution in [3.63, 3.8) is 0 Å². The number of benzene rings is 1. The largest absolute Gasteiger partial charge is 0.416 e. The second-order valence-corrected chi connectivity index (χ2v) is 4.47. The van der Waals surface area contributed by atoms with Crippen LogP contribution in [-0.4, -0.2) is 4.98 Å². The Morgan fingerprint density at radius 3 is 2.52 bits per heavy atom. The normalized spacial score (nSPS) is 11.0. The van der Waals surface area contributed by atoms with Crippen LogP contribution in [0.2, 0.25) is 5.02 Å². The van der Waals surface area contributed by atoms with Gasteiger partial charge in [-0.05, 0) is 30.3 Å². The minimum Gasteiger partial charge on any atom is -0.396 e. The number of hydrogen-bond donors (Lipinski definition) is 2. The molecule has 2 aromatic rings. The molecule has 0 saturated carbocycles. The molecule has 0 bridgehead atoms. The predicted molar refractivity (Wildman–Crippen MR) is 73.1 cm³/mol. The van der Waals surface area contributed by atoms with E-state index >= 15 is 0 Å². The average Bonchev–Trinajstić information content (AvgIpc) is 2.42. The van der Waals surface area contributed by atoms with Gasteiger partial charge in [0.2, 0.25) is 0 Å². The van der Waals surface area contributed by atoms with E-state index in [1.54, 1.807) is 0 Å². The van der Waals surface area contributed by atoms with Crippen molar-refractivity contribution in [3.05, 3.63) is 46.6 Å². The second kappa shape index (κ2) is 5.50. The van der Waals surface area contributed by atoms with E-state index in [0.717, 1.165) is 12.1 Å². The molecule has 0 saturated heterocycles. The van der Waals surface area contributed by atoms with Gasteiger partial charge in [-0.1, -0.05) is 11.6 Å². The molecule has 108 valence electrons. The van der Waals surface area contributed by atoms with Crippen LogP contribution in [0.5, 0.6) is 0 Å². The maximum atomic E-state index is 12.5. The molecule has 8 heteroatoms. The van der Waals surface area contributed by atoms with Gasteiger partial charge in [-0.25, -0.2) is 4.98 Å². The summed E-state index contributed by atoms with van der Waals surface area (Å²) in [6.45, 7) is 0. The van der Waals surface area contributed by atoms with Gasteiger partial charge in [-0.2, -0.15) is 18.4 Å². The molecule has 0 unspecified atom stereocenters. The Morgan fingerprint density at radius 1 is 1.24 bits per heavy atom. The SMILES string of the molecule is N#Cc1nc(Nc2ccc(C(F)(F)F)cc2Cl)ccc1N. The zero-order valence-electron chi connectivity index (χ0n) is 10.4. The highest BCUT2D eigenvalue weighted by Crippen LogP contribution is 2.34. The van der Waals surface area contributed by atoms with Crippen LogP contribution in [0.1, 0.15) is 11.3 Å². The third-order valence-electron chi connectivity index (χ3n) is 2.59. The first-order valence-corrected chi connectivity index (χ1v) is 5.99. The summed E-state index contributed by atoms with van der Waals surface area (Å²) >= 11 is 5.81. The van der Waals surface area contributed by atoms with Crippen molar-refractivity contribution in [1.29, 1.82) is 5.26 Å². The van der Waals surface area contributed by atoms with Gasteiger partial charge in [0.05, 0.1) is 22.0 Å². The van der Waals surface area contributed by atoms with E-state index in [1.807, 2.05) is 6.07 Å². The molecule has 0 aliphatic carbocycles. The number of nitrogens with zero attached hydrogens (tertiary/aromatic N) is 2. The molecular weight excluding hydrogens is 305 g/mol. The topological polar surface area (TPSA) is 74.7 Å². The second-order valence-electron chi connectivity index (χ2n) is 4.06. The summed E-state index contributed by atoms with van der Waals surface area (Å²) in [6.07, 6.45) is -4.46. The van der Waals surface area contributed by atoms with Crippen molar-refractivity contribution in [3.8, 4) is 6.07 Å². The highest BCUT2D eigenvalue weighted by molar-refractivity contribution is 6.33. The lowest BCUT2D eigenvalue weighted by molar-refractivity contribution is -0.137. The molecule has 0 atom stereocenters. The summed E-state index contributed by atoms with van der Waals surface area (Å²) < 4.78 is 37.6. The number of aromatic nitrogens is 1. The Morgan fingerprint density at radius 2 is 1.95 bits per heavy atom. The quantitative estimate of drug-likeness (QED) is 0.880.